The molecule has 3 N–H and O–H groups in total. The van der Waals surface area contributed by atoms with E-state index in [4.69, 9.17) is 4.52 Å². The molecule has 5 atom stereocenters. The lowest BCUT2D eigenvalue weighted by Crippen LogP contribution is -2.48. The predicted octanol–water partition coefficient (Wildman–Crippen LogP) is 8.93. The van der Waals surface area contributed by atoms with Gasteiger partial charge in [-0.15, -0.1) is 32.9 Å². The van der Waals surface area contributed by atoms with E-state index in [1.54, 1.807) is 28.7 Å². The van der Waals surface area contributed by atoms with Crippen LogP contribution in [0.2, 0.25) is 0 Å². The molecule has 2 amide bonds. The highest BCUT2D eigenvalue weighted by Crippen LogP contribution is 2.55. The monoisotopic (exact) mass is 859 g/mol. The molecular formula is C47H53N7O5S2. The number of amides is 2. The number of piperidine rings is 1. The summed E-state index contributed by atoms with van der Waals surface area (Å²) in [6, 6.07) is 18.2. The van der Waals surface area contributed by atoms with Crippen molar-refractivity contribution in [3.05, 3.63) is 93.6 Å². The number of aromatic nitrogens is 4. The van der Waals surface area contributed by atoms with Crippen LogP contribution in [0, 0.1) is 25.2 Å². The number of likely N-dealkylation sites (tertiary alicyclic amines) is 1. The molecule has 4 aromatic heterocycles. The predicted molar refractivity (Wildman–Crippen MR) is 239 cm³/mol. The van der Waals surface area contributed by atoms with E-state index >= 15 is 0 Å². The van der Waals surface area contributed by atoms with Crippen molar-refractivity contribution in [2.75, 3.05) is 24.5 Å². The minimum Gasteiger partial charge on any atom is -0.507 e. The quantitative estimate of drug-likeness (QED) is 0.122. The van der Waals surface area contributed by atoms with Crippen molar-refractivity contribution >= 4 is 50.5 Å². The van der Waals surface area contributed by atoms with E-state index in [0.29, 0.717) is 22.9 Å². The number of phenols is 1. The van der Waals surface area contributed by atoms with Crippen LogP contribution in [0.3, 0.4) is 0 Å². The third-order valence-electron chi connectivity index (χ3n) is 13.5. The molecule has 2 aromatic carbocycles. The van der Waals surface area contributed by atoms with E-state index in [1.807, 2.05) is 81.7 Å². The van der Waals surface area contributed by atoms with Gasteiger partial charge < -0.3 is 29.9 Å². The second-order valence-corrected chi connectivity index (χ2v) is 19.7. The molecule has 12 nitrogen and oxygen atoms in total. The van der Waals surface area contributed by atoms with Crippen LogP contribution < -0.4 is 10.2 Å². The number of aliphatic hydroxyl groups is 1. The van der Waals surface area contributed by atoms with Gasteiger partial charge in [0.1, 0.15) is 22.5 Å². The fraction of sp³-hybridized carbons (Fsp3) is 0.447. The van der Waals surface area contributed by atoms with E-state index in [-0.39, 0.29) is 47.9 Å². The Bertz CT molecular complexity index is 2560. The van der Waals surface area contributed by atoms with Crippen LogP contribution in [-0.4, -0.2) is 79.0 Å². The topological polar surface area (TPSA) is 158 Å². The Labute approximate surface area is 364 Å². The molecule has 6 heterocycles. The zero-order valence-electron chi connectivity index (χ0n) is 35.3. The Balaban J connectivity index is 0.833. The van der Waals surface area contributed by atoms with Crippen LogP contribution in [0.15, 0.2) is 70.7 Å². The van der Waals surface area contributed by atoms with Crippen molar-refractivity contribution in [1.82, 2.24) is 30.6 Å². The molecule has 9 rings (SSSR count). The largest absolute Gasteiger partial charge is 0.507 e. The Kier molecular flexibility index (Phi) is 11.2. The smallest absolute Gasteiger partial charge is 0.243 e. The number of β-amino-alcohol motifs (C(OH)–C–C–N with tert-alkyl or cyclic N) is 1. The third-order valence-corrected chi connectivity index (χ3v) is 15.9. The minimum atomic E-state index is -0.801. The van der Waals surface area contributed by atoms with Crippen molar-refractivity contribution in [2.45, 2.75) is 103 Å². The Morgan fingerprint density at radius 2 is 1.77 bits per heavy atom. The highest BCUT2D eigenvalue weighted by atomic mass is 32.1. The normalized spacial score (nSPS) is 21.1. The van der Waals surface area contributed by atoms with E-state index < -0.39 is 18.1 Å². The third kappa shape index (κ3) is 7.94. The van der Waals surface area contributed by atoms with Crippen molar-refractivity contribution in [1.29, 1.82) is 0 Å². The first-order chi connectivity index (χ1) is 29.4. The van der Waals surface area contributed by atoms with Crippen LogP contribution in [0.5, 0.6) is 5.75 Å². The summed E-state index contributed by atoms with van der Waals surface area (Å²) < 4.78 is 5.96. The standard InChI is InChI=1S/C47H53N7O5S2/c1-26(2)41(46(58)54-24-33(55)20-37(54)44(57)49-28(4)30-10-12-31(13-11-30)43-29(5)48-25-60-43)39-22-40(52-59-39)53-18-16-47(17-19-53)15-14-32(23-47)42-27(3)35-21-36(50-51-45(35)61-42)34-8-6-7-9-38(34)56/h6-13,21-22,25-26,28,32-33,37,41,55-56H,14-20,23-24H2,1-5H3,(H,49,57)/t28-,32+,33+,37-,41+/m0/s1. The van der Waals surface area contributed by atoms with Gasteiger partial charge in [0.05, 0.1) is 33.9 Å². The number of hydrogen-bond donors (Lipinski definition) is 3. The molecule has 1 aliphatic carbocycles. The number of fused-ring (bicyclic) bond motifs is 1. The van der Waals surface area contributed by atoms with Gasteiger partial charge in [0.2, 0.25) is 11.8 Å². The summed E-state index contributed by atoms with van der Waals surface area (Å²) in [4.78, 5) is 39.8. The summed E-state index contributed by atoms with van der Waals surface area (Å²) >= 11 is 3.36. The maximum atomic E-state index is 14.4. The van der Waals surface area contributed by atoms with Crippen molar-refractivity contribution < 1.29 is 24.3 Å². The molecule has 3 fully saturated rings. The van der Waals surface area contributed by atoms with Crippen LogP contribution >= 0.6 is 22.7 Å². The summed E-state index contributed by atoms with van der Waals surface area (Å²) in [5.74, 6) is 0.581. The van der Waals surface area contributed by atoms with Crippen LogP contribution in [-0.2, 0) is 9.59 Å². The van der Waals surface area contributed by atoms with Gasteiger partial charge in [0, 0.05) is 47.9 Å². The second-order valence-electron chi connectivity index (χ2n) is 17.8. The molecule has 3 aliphatic rings. The average molecular weight is 860 g/mol. The molecule has 14 heteroatoms. The van der Waals surface area contributed by atoms with Gasteiger partial charge in [0.25, 0.3) is 0 Å². The summed E-state index contributed by atoms with van der Waals surface area (Å²) in [6.07, 6.45) is 4.93. The fourth-order valence-corrected chi connectivity index (χ4v) is 12.1. The molecular weight excluding hydrogens is 807 g/mol. The van der Waals surface area contributed by atoms with Crippen LogP contribution in [0.1, 0.15) is 105 Å². The molecule has 1 saturated carbocycles. The van der Waals surface area contributed by atoms with Crippen molar-refractivity contribution in [3.8, 4) is 27.4 Å². The van der Waals surface area contributed by atoms with Crippen molar-refractivity contribution in [3.63, 3.8) is 0 Å². The Hall–Kier alpha value is -5.18. The number of nitrogens with zero attached hydrogens (tertiary/aromatic N) is 6. The van der Waals surface area contributed by atoms with Gasteiger partial charge in [-0.25, -0.2) is 4.98 Å². The second kappa shape index (κ2) is 16.6. The number of benzene rings is 2. The van der Waals surface area contributed by atoms with Gasteiger partial charge in [-0.05, 0) is 105 Å². The molecule has 2 saturated heterocycles. The van der Waals surface area contributed by atoms with E-state index in [1.165, 1.54) is 21.8 Å². The number of thiophene rings is 1. The maximum Gasteiger partial charge on any atom is 0.243 e. The molecule has 6 aromatic rings. The molecule has 61 heavy (non-hydrogen) atoms. The molecule has 1 spiro atoms. The maximum absolute atomic E-state index is 14.4. The summed E-state index contributed by atoms with van der Waals surface area (Å²) in [5.41, 5.74) is 7.75. The Morgan fingerprint density at radius 1 is 1.00 bits per heavy atom. The van der Waals surface area contributed by atoms with Gasteiger partial charge in [0.15, 0.2) is 11.6 Å². The number of aliphatic hydroxyl groups excluding tert-OH is 1. The number of hydrogen-bond acceptors (Lipinski definition) is 12. The molecule has 2 aliphatic heterocycles. The SMILES string of the molecule is Cc1ncsc1-c1ccc([C@H](C)NC(=O)[C@@H]2C[C@@H](O)CN2C(=O)[C@@H](c2cc(N3CCC4(CC[C@@H](c5sc6nnc(-c7ccccc7O)cc6c5C)C4)CC3)no2)C(C)C)cc1. The fourth-order valence-electron chi connectivity index (χ4n) is 10.0. The number of anilines is 1. The van der Waals surface area contributed by atoms with E-state index in [9.17, 15) is 19.8 Å². The number of aromatic hydroxyl groups is 1. The van der Waals surface area contributed by atoms with Crippen molar-refractivity contribution in [2.24, 2.45) is 11.3 Å². The van der Waals surface area contributed by atoms with Gasteiger partial charge >= 0.3 is 0 Å². The number of carbonyl (C=O) groups is 2. The van der Waals surface area contributed by atoms with E-state index in [2.05, 4.69) is 43.5 Å². The molecule has 318 valence electrons. The lowest BCUT2D eigenvalue weighted by molar-refractivity contribution is -0.141. The molecule has 0 bridgehead atoms. The average Bonchev–Trinajstić information content (AvgIpc) is 4.11. The summed E-state index contributed by atoms with van der Waals surface area (Å²) in [5, 5.41) is 38.9. The minimum absolute atomic E-state index is 0.0846. The van der Waals surface area contributed by atoms with Crippen LogP contribution in [0.4, 0.5) is 5.82 Å². The first kappa shape index (κ1) is 41.2. The number of nitrogens with one attached hydrogen (secondary N) is 1. The number of carbonyl (C=O) groups excluding carboxylic acids is 2. The van der Waals surface area contributed by atoms with Gasteiger partial charge in [-0.3, -0.25) is 9.59 Å². The molecule has 0 radical (unpaired) electrons. The summed E-state index contributed by atoms with van der Waals surface area (Å²) in [6.45, 7) is 11.9. The zero-order valence-corrected chi connectivity index (χ0v) is 36.9. The highest BCUT2D eigenvalue weighted by molar-refractivity contribution is 7.19. The number of para-hydroxylation sites is 1. The lowest BCUT2D eigenvalue weighted by atomic mass is 9.76. The van der Waals surface area contributed by atoms with Crippen LogP contribution in [0.25, 0.3) is 31.9 Å². The first-order valence-corrected chi connectivity index (χ1v) is 23.1. The zero-order chi connectivity index (χ0) is 42.6. The molecule has 0 unspecified atom stereocenters. The number of thiazole rings is 1. The number of rotatable bonds is 10. The lowest BCUT2D eigenvalue weighted by Gasteiger charge is -2.39. The van der Waals surface area contributed by atoms with E-state index in [0.717, 1.165) is 76.5 Å². The first-order valence-electron chi connectivity index (χ1n) is 21.4. The Morgan fingerprint density at radius 3 is 2.49 bits per heavy atom. The van der Waals surface area contributed by atoms with Gasteiger partial charge in [-0.1, -0.05) is 55.4 Å². The highest BCUT2D eigenvalue weighted by Gasteiger charge is 2.45. The number of aryl methyl sites for hydroxylation is 2. The summed E-state index contributed by atoms with van der Waals surface area (Å²) in [7, 11) is 0. The van der Waals surface area contributed by atoms with Gasteiger partial charge in [-0.2, -0.15) is 0 Å². The number of phenolic OH excluding ortho intramolecular Hbond substituents is 1.